The highest BCUT2D eigenvalue weighted by molar-refractivity contribution is 6.37. The summed E-state index contributed by atoms with van der Waals surface area (Å²) in [6.07, 6.45) is 0. The zero-order chi connectivity index (χ0) is 8.97. The summed E-state index contributed by atoms with van der Waals surface area (Å²) in [6.45, 7) is -0.0660. The number of nitriles is 1. The van der Waals surface area contributed by atoms with Crippen LogP contribution in [0.15, 0.2) is 12.1 Å². The van der Waals surface area contributed by atoms with Crippen molar-refractivity contribution in [1.29, 1.82) is 5.26 Å². The van der Waals surface area contributed by atoms with Crippen molar-refractivity contribution in [3.8, 4) is 11.8 Å². The van der Waals surface area contributed by atoms with Crippen LogP contribution in [0, 0.1) is 17.4 Å². The molecule has 0 aliphatic rings. The SMILES string of the molecule is N#CCOc1c(Cl)c[c]cc1Cl. The minimum Gasteiger partial charge on any atom is -0.476 e. The van der Waals surface area contributed by atoms with E-state index >= 15 is 0 Å². The normalized spacial score (nSPS) is 9.08. The van der Waals surface area contributed by atoms with Crippen LogP contribution in [-0.2, 0) is 0 Å². The van der Waals surface area contributed by atoms with Gasteiger partial charge < -0.3 is 4.74 Å². The molecular weight excluding hydrogens is 197 g/mol. The third-order valence-corrected chi connectivity index (χ3v) is 1.70. The molecule has 1 rings (SSSR count). The predicted octanol–water partition coefficient (Wildman–Crippen LogP) is 2.70. The molecule has 0 saturated heterocycles. The summed E-state index contributed by atoms with van der Waals surface area (Å²) in [5.74, 6) is 0.332. The molecule has 1 aromatic rings. The van der Waals surface area contributed by atoms with Crippen LogP contribution in [0.3, 0.4) is 0 Å². The van der Waals surface area contributed by atoms with Gasteiger partial charge in [-0.05, 0) is 18.2 Å². The standard InChI is InChI=1S/C8H4Cl2NO/c9-6-2-1-3-7(10)8(6)12-5-4-11/h2-3H,5H2. The fourth-order valence-corrected chi connectivity index (χ4v) is 1.16. The van der Waals surface area contributed by atoms with E-state index < -0.39 is 0 Å². The van der Waals surface area contributed by atoms with Crippen molar-refractivity contribution in [3.63, 3.8) is 0 Å². The summed E-state index contributed by atoms with van der Waals surface area (Å²) in [4.78, 5) is 0. The second-order valence-electron chi connectivity index (χ2n) is 1.93. The lowest BCUT2D eigenvalue weighted by molar-refractivity contribution is 0.368. The Morgan fingerprint density at radius 1 is 1.42 bits per heavy atom. The molecule has 0 N–H and O–H groups in total. The van der Waals surface area contributed by atoms with Crippen LogP contribution >= 0.6 is 23.2 Å². The highest BCUT2D eigenvalue weighted by atomic mass is 35.5. The van der Waals surface area contributed by atoms with E-state index in [1.807, 2.05) is 6.07 Å². The number of halogens is 2. The van der Waals surface area contributed by atoms with Gasteiger partial charge in [-0.1, -0.05) is 23.2 Å². The van der Waals surface area contributed by atoms with Gasteiger partial charge in [-0.15, -0.1) is 0 Å². The molecule has 2 nitrogen and oxygen atoms in total. The van der Waals surface area contributed by atoms with Crippen molar-refractivity contribution >= 4 is 23.2 Å². The first kappa shape index (κ1) is 9.18. The predicted molar refractivity (Wildman–Crippen MR) is 46.4 cm³/mol. The van der Waals surface area contributed by atoms with Crippen LogP contribution in [0.25, 0.3) is 0 Å². The van der Waals surface area contributed by atoms with Gasteiger partial charge in [-0.25, -0.2) is 0 Å². The van der Waals surface area contributed by atoms with Gasteiger partial charge in [-0.2, -0.15) is 5.26 Å². The van der Waals surface area contributed by atoms with Gasteiger partial charge in [0.25, 0.3) is 0 Å². The van der Waals surface area contributed by atoms with Crippen LogP contribution in [0.4, 0.5) is 0 Å². The zero-order valence-electron chi connectivity index (χ0n) is 5.97. The largest absolute Gasteiger partial charge is 0.476 e. The fraction of sp³-hybridized carbons (Fsp3) is 0.125. The van der Waals surface area contributed by atoms with Gasteiger partial charge in [0.15, 0.2) is 12.4 Å². The van der Waals surface area contributed by atoms with Gasteiger partial charge in [-0.3, -0.25) is 0 Å². The molecule has 12 heavy (non-hydrogen) atoms. The van der Waals surface area contributed by atoms with E-state index in [0.717, 1.165) is 0 Å². The maximum Gasteiger partial charge on any atom is 0.174 e. The molecule has 1 radical (unpaired) electrons. The van der Waals surface area contributed by atoms with Crippen LogP contribution < -0.4 is 4.74 Å². The van der Waals surface area contributed by atoms with Gasteiger partial charge in [0.1, 0.15) is 6.07 Å². The topological polar surface area (TPSA) is 33.0 Å². The number of rotatable bonds is 2. The average molecular weight is 201 g/mol. The number of hydrogen-bond acceptors (Lipinski definition) is 2. The maximum atomic E-state index is 8.24. The summed E-state index contributed by atoms with van der Waals surface area (Å²) in [6, 6.07) is 7.60. The third kappa shape index (κ3) is 2.04. The van der Waals surface area contributed by atoms with E-state index in [4.69, 9.17) is 33.2 Å². The van der Waals surface area contributed by atoms with Crippen molar-refractivity contribution in [2.45, 2.75) is 0 Å². The lowest BCUT2D eigenvalue weighted by Gasteiger charge is -2.04. The molecule has 0 unspecified atom stereocenters. The van der Waals surface area contributed by atoms with Crippen LogP contribution in [0.5, 0.6) is 5.75 Å². The molecule has 0 saturated carbocycles. The molecule has 61 valence electrons. The highest BCUT2D eigenvalue weighted by Gasteiger charge is 2.05. The summed E-state index contributed by atoms with van der Waals surface area (Å²) in [5.41, 5.74) is 0. The van der Waals surface area contributed by atoms with Crippen LogP contribution in [-0.4, -0.2) is 6.61 Å². The minimum absolute atomic E-state index is 0.0660. The number of ether oxygens (including phenoxy) is 1. The Bertz CT molecular complexity index is 299. The third-order valence-electron chi connectivity index (χ3n) is 1.14. The monoisotopic (exact) mass is 200 g/mol. The number of hydrogen-bond donors (Lipinski definition) is 0. The Hall–Kier alpha value is -0.910. The van der Waals surface area contributed by atoms with Gasteiger partial charge in [0.2, 0.25) is 0 Å². The fourth-order valence-electron chi connectivity index (χ4n) is 0.675. The second-order valence-corrected chi connectivity index (χ2v) is 2.74. The van der Waals surface area contributed by atoms with E-state index in [1.54, 1.807) is 0 Å². The molecule has 0 bridgehead atoms. The Labute approximate surface area is 80.3 Å². The van der Waals surface area contributed by atoms with E-state index in [9.17, 15) is 0 Å². The lowest BCUT2D eigenvalue weighted by Crippen LogP contribution is -1.94. The maximum absolute atomic E-state index is 8.24. The molecule has 0 aliphatic heterocycles. The first-order valence-corrected chi connectivity index (χ1v) is 3.86. The van der Waals surface area contributed by atoms with Crippen molar-refractivity contribution in [2.75, 3.05) is 6.61 Å². The number of nitrogens with zero attached hydrogens (tertiary/aromatic N) is 1. The first-order chi connectivity index (χ1) is 5.75. The highest BCUT2D eigenvalue weighted by Crippen LogP contribution is 2.31. The van der Waals surface area contributed by atoms with E-state index in [-0.39, 0.29) is 6.61 Å². The first-order valence-electron chi connectivity index (χ1n) is 3.10. The molecule has 0 atom stereocenters. The van der Waals surface area contributed by atoms with Crippen LogP contribution in [0.2, 0.25) is 10.0 Å². The van der Waals surface area contributed by atoms with E-state index in [1.165, 1.54) is 12.1 Å². The van der Waals surface area contributed by atoms with Crippen molar-refractivity contribution in [3.05, 3.63) is 28.2 Å². The van der Waals surface area contributed by atoms with Gasteiger partial charge in [0.05, 0.1) is 10.0 Å². The Morgan fingerprint density at radius 3 is 2.50 bits per heavy atom. The zero-order valence-corrected chi connectivity index (χ0v) is 7.49. The molecule has 0 amide bonds. The summed E-state index contributed by atoms with van der Waals surface area (Å²) in [5, 5.41) is 8.96. The molecule has 4 heteroatoms. The molecule has 1 aromatic carbocycles. The molecule has 0 aromatic heterocycles. The second kappa shape index (κ2) is 4.20. The van der Waals surface area contributed by atoms with Crippen molar-refractivity contribution in [1.82, 2.24) is 0 Å². The lowest BCUT2D eigenvalue weighted by atomic mass is 10.3. The Morgan fingerprint density at radius 2 is 2.00 bits per heavy atom. The van der Waals surface area contributed by atoms with Crippen molar-refractivity contribution < 1.29 is 4.74 Å². The van der Waals surface area contributed by atoms with Gasteiger partial charge in [0, 0.05) is 0 Å². The molecule has 0 fully saturated rings. The summed E-state index contributed by atoms with van der Waals surface area (Å²) >= 11 is 11.4. The average Bonchev–Trinajstić information content (AvgIpc) is 2.04. The summed E-state index contributed by atoms with van der Waals surface area (Å²) < 4.78 is 4.97. The molecule has 0 spiro atoms. The van der Waals surface area contributed by atoms with Crippen LogP contribution in [0.1, 0.15) is 0 Å². The Kier molecular flexibility index (Phi) is 3.21. The number of benzene rings is 1. The Balaban J connectivity index is 2.90. The summed E-state index contributed by atoms with van der Waals surface area (Å²) in [7, 11) is 0. The smallest absolute Gasteiger partial charge is 0.174 e. The quantitative estimate of drug-likeness (QED) is 0.736. The molecular formula is C8H4Cl2NO. The minimum atomic E-state index is -0.0660. The molecule has 0 heterocycles. The van der Waals surface area contributed by atoms with E-state index in [0.29, 0.717) is 15.8 Å². The van der Waals surface area contributed by atoms with E-state index in [2.05, 4.69) is 6.07 Å². The van der Waals surface area contributed by atoms with Gasteiger partial charge >= 0.3 is 0 Å². The van der Waals surface area contributed by atoms with Crippen molar-refractivity contribution in [2.24, 2.45) is 0 Å². The molecule has 0 aliphatic carbocycles.